The Morgan fingerprint density at radius 2 is 1.59 bits per heavy atom. The minimum atomic E-state index is 0.422. The zero-order valence-corrected chi connectivity index (χ0v) is 15.4. The number of fused-ring (bicyclic) bond motifs is 1. The fourth-order valence-electron chi connectivity index (χ4n) is 3.02. The lowest BCUT2D eigenvalue weighted by molar-refractivity contribution is 0.171. The number of benzene rings is 2. The molecule has 0 saturated carbocycles. The number of nitrogens with one attached hydrogen (secondary N) is 2. The van der Waals surface area contributed by atoms with Crippen molar-refractivity contribution >= 4 is 23.0 Å². The van der Waals surface area contributed by atoms with Crippen LogP contribution in [0.3, 0.4) is 0 Å². The van der Waals surface area contributed by atoms with Gasteiger partial charge in [0, 0.05) is 23.5 Å². The first kappa shape index (κ1) is 17.1. The van der Waals surface area contributed by atoms with Crippen LogP contribution in [0.25, 0.3) is 0 Å². The highest BCUT2D eigenvalue weighted by Crippen LogP contribution is 2.33. The summed E-state index contributed by atoms with van der Waals surface area (Å²) in [6, 6.07) is 15.9. The molecule has 0 amide bonds. The second-order valence-corrected chi connectivity index (χ2v) is 6.64. The number of rotatable bonds is 5. The van der Waals surface area contributed by atoms with Gasteiger partial charge < -0.3 is 20.1 Å². The lowest BCUT2D eigenvalue weighted by Gasteiger charge is -2.19. The molecule has 0 spiro atoms. The lowest BCUT2D eigenvalue weighted by Crippen LogP contribution is -2.15. The Labute approximate surface area is 158 Å². The summed E-state index contributed by atoms with van der Waals surface area (Å²) >= 11 is 0. The molecule has 2 heterocycles. The molecule has 6 nitrogen and oxygen atoms in total. The first-order chi connectivity index (χ1) is 13.2. The fourth-order valence-corrected chi connectivity index (χ4v) is 3.02. The Morgan fingerprint density at radius 1 is 0.852 bits per heavy atom. The van der Waals surface area contributed by atoms with Gasteiger partial charge in [0.25, 0.3) is 0 Å². The van der Waals surface area contributed by atoms with Crippen molar-refractivity contribution in [3.63, 3.8) is 0 Å². The lowest BCUT2D eigenvalue weighted by atomic mass is 10.0. The van der Waals surface area contributed by atoms with E-state index < -0.39 is 0 Å². The molecule has 1 aliphatic heterocycles. The summed E-state index contributed by atoms with van der Waals surface area (Å²) in [4.78, 5) is 8.65. The molecule has 138 valence electrons. The van der Waals surface area contributed by atoms with Crippen LogP contribution in [-0.4, -0.2) is 23.2 Å². The summed E-state index contributed by atoms with van der Waals surface area (Å²) in [5, 5.41) is 6.69. The van der Waals surface area contributed by atoms with E-state index in [1.807, 2.05) is 30.3 Å². The molecule has 0 bridgehead atoms. The summed E-state index contributed by atoms with van der Waals surface area (Å²) in [5.41, 5.74) is 3.18. The average molecular weight is 362 g/mol. The van der Waals surface area contributed by atoms with E-state index in [4.69, 9.17) is 9.47 Å². The maximum atomic E-state index is 5.63. The van der Waals surface area contributed by atoms with Gasteiger partial charge in [0.1, 0.15) is 31.2 Å². The van der Waals surface area contributed by atoms with Gasteiger partial charge in [-0.3, -0.25) is 0 Å². The normalized spacial score (nSPS) is 12.7. The summed E-state index contributed by atoms with van der Waals surface area (Å²) in [6.45, 7) is 5.50. The molecule has 27 heavy (non-hydrogen) atoms. The Balaban J connectivity index is 1.53. The highest BCUT2D eigenvalue weighted by atomic mass is 16.6. The Kier molecular flexibility index (Phi) is 4.78. The minimum Gasteiger partial charge on any atom is -0.486 e. The molecule has 0 aliphatic carbocycles. The number of aromatic nitrogens is 2. The van der Waals surface area contributed by atoms with Gasteiger partial charge in [0.15, 0.2) is 11.5 Å². The Morgan fingerprint density at radius 3 is 2.41 bits per heavy atom. The van der Waals surface area contributed by atoms with E-state index in [1.165, 1.54) is 5.56 Å². The van der Waals surface area contributed by atoms with Gasteiger partial charge in [0.2, 0.25) is 0 Å². The zero-order valence-electron chi connectivity index (χ0n) is 15.4. The third-order valence-electron chi connectivity index (χ3n) is 4.33. The van der Waals surface area contributed by atoms with Crippen LogP contribution in [-0.2, 0) is 0 Å². The molecule has 3 aromatic rings. The number of hydrogen-bond donors (Lipinski definition) is 2. The van der Waals surface area contributed by atoms with Crippen LogP contribution < -0.4 is 20.1 Å². The van der Waals surface area contributed by atoms with Crippen LogP contribution >= 0.6 is 0 Å². The number of hydrogen-bond acceptors (Lipinski definition) is 6. The van der Waals surface area contributed by atoms with E-state index in [9.17, 15) is 0 Å². The van der Waals surface area contributed by atoms with Gasteiger partial charge in [-0.2, -0.15) is 0 Å². The van der Waals surface area contributed by atoms with Crippen LogP contribution in [0.1, 0.15) is 25.3 Å². The Hall–Kier alpha value is -3.28. The van der Waals surface area contributed by atoms with E-state index in [0.717, 1.165) is 28.7 Å². The van der Waals surface area contributed by atoms with E-state index in [0.29, 0.717) is 24.9 Å². The molecule has 2 N–H and O–H groups in total. The fraction of sp³-hybridized carbons (Fsp3) is 0.238. The summed E-state index contributed by atoms with van der Waals surface area (Å²) in [7, 11) is 0. The maximum absolute atomic E-state index is 5.63. The molecule has 0 unspecified atom stereocenters. The molecule has 2 aromatic carbocycles. The number of para-hydroxylation sites is 1. The summed E-state index contributed by atoms with van der Waals surface area (Å²) in [5.74, 6) is 3.36. The topological polar surface area (TPSA) is 68.3 Å². The monoisotopic (exact) mass is 362 g/mol. The van der Waals surface area contributed by atoms with Crippen LogP contribution in [0.2, 0.25) is 0 Å². The van der Waals surface area contributed by atoms with Crippen molar-refractivity contribution in [1.82, 2.24) is 9.97 Å². The molecule has 0 fully saturated rings. The molecular weight excluding hydrogens is 340 g/mol. The predicted molar refractivity (Wildman–Crippen MR) is 107 cm³/mol. The molecule has 0 atom stereocenters. The van der Waals surface area contributed by atoms with Gasteiger partial charge in [-0.25, -0.2) is 9.97 Å². The highest BCUT2D eigenvalue weighted by Gasteiger charge is 2.12. The molecule has 0 radical (unpaired) electrons. The summed E-state index contributed by atoms with van der Waals surface area (Å²) in [6.07, 6.45) is 1.54. The van der Waals surface area contributed by atoms with Gasteiger partial charge in [0.05, 0.1) is 0 Å². The van der Waals surface area contributed by atoms with Crippen LogP contribution in [0.15, 0.2) is 54.9 Å². The van der Waals surface area contributed by atoms with E-state index in [1.54, 1.807) is 6.33 Å². The standard InChI is InChI=1S/C21H22N4O2/c1-14(2)16-5-3-4-6-17(16)25-21-12-20(22-13-23-21)24-15-7-8-18-19(11-15)27-10-9-26-18/h3-8,11-14H,9-10H2,1-2H3,(H2,22,23,24,25). The highest BCUT2D eigenvalue weighted by molar-refractivity contribution is 5.66. The minimum absolute atomic E-state index is 0.422. The number of anilines is 4. The van der Waals surface area contributed by atoms with Crippen molar-refractivity contribution in [3.05, 3.63) is 60.4 Å². The molecule has 0 saturated heterocycles. The second-order valence-electron chi connectivity index (χ2n) is 6.64. The average Bonchev–Trinajstić information content (AvgIpc) is 2.68. The first-order valence-electron chi connectivity index (χ1n) is 9.04. The smallest absolute Gasteiger partial charge is 0.163 e. The Bertz CT molecular complexity index is 943. The van der Waals surface area contributed by atoms with Gasteiger partial charge in [-0.1, -0.05) is 32.0 Å². The van der Waals surface area contributed by atoms with Crippen molar-refractivity contribution < 1.29 is 9.47 Å². The van der Waals surface area contributed by atoms with Crippen molar-refractivity contribution in [2.75, 3.05) is 23.8 Å². The van der Waals surface area contributed by atoms with Crippen LogP contribution in [0.5, 0.6) is 11.5 Å². The molecule has 6 heteroatoms. The maximum Gasteiger partial charge on any atom is 0.163 e. The molecular formula is C21H22N4O2. The largest absolute Gasteiger partial charge is 0.486 e. The third kappa shape index (κ3) is 3.95. The predicted octanol–water partition coefficient (Wildman–Crippen LogP) is 4.86. The second kappa shape index (κ2) is 7.53. The van der Waals surface area contributed by atoms with Gasteiger partial charge in [-0.15, -0.1) is 0 Å². The quantitative estimate of drug-likeness (QED) is 0.676. The van der Waals surface area contributed by atoms with Gasteiger partial charge >= 0.3 is 0 Å². The van der Waals surface area contributed by atoms with Crippen molar-refractivity contribution in [1.29, 1.82) is 0 Å². The first-order valence-corrected chi connectivity index (χ1v) is 9.04. The van der Waals surface area contributed by atoms with E-state index in [2.05, 4.69) is 52.6 Å². The van der Waals surface area contributed by atoms with E-state index >= 15 is 0 Å². The van der Waals surface area contributed by atoms with Crippen molar-refractivity contribution in [3.8, 4) is 11.5 Å². The third-order valence-corrected chi connectivity index (χ3v) is 4.33. The van der Waals surface area contributed by atoms with Crippen LogP contribution in [0.4, 0.5) is 23.0 Å². The van der Waals surface area contributed by atoms with Crippen LogP contribution in [0, 0.1) is 0 Å². The van der Waals surface area contributed by atoms with E-state index in [-0.39, 0.29) is 0 Å². The van der Waals surface area contributed by atoms with Crippen molar-refractivity contribution in [2.45, 2.75) is 19.8 Å². The van der Waals surface area contributed by atoms with Crippen molar-refractivity contribution in [2.24, 2.45) is 0 Å². The number of nitrogens with zero attached hydrogens (tertiary/aromatic N) is 2. The SMILES string of the molecule is CC(C)c1ccccc1Nc1cc(Nc2ccc3c(c2)OCCO3)ncn1. The zero-order chi connectivity index (χ0) is 18.6. The summed E-state index contributed by atoms with van der Waals surface area (Å²) < 4.78 is 11.2. The molecule has 1 aliphatic rings. The molecule has 1 aromatic heterocycles. The number of ether oxygens (including phenoxy) is 2. The molecule has 4 rings (SSSR count). The van der Waals surface area contributed by atoms with Gasteiger partial charge in [-0.05, 0) is 29.7 Å².